The summed E-state index contributed by atoms with van der Waals surface area (Å²) in [5.74, 6) is -1.63. The lowest BCUT2D eigenvalue weighted by atomic mass is 10.2. The van der Waals surface area contributed by atoms with E-state index in [9.17, 15) is 13.6 Å². The minimum atomic E-state index is -3.04. The number of ether oxygens (including phenoxy) is 1. The van der Waals surface area contributed by atoms with Crippen molar-refractivity contribution in [2.45, 2.75) is 13.0 Å². The third kappa shape index (κ3) is 2.12. The van der Waals surface area contributed by atoms with Crippen molar-refractivity contribution >= 4 is 5.78 Å². The van der Waals surface area contributed by atoms with Crippen LogP contribution in [0.25, 0.3) is 0 Å². The van der Waals surface area contributed by atoms with E-state index in [1.165, 1.54) is 19.4 Å². The average molecular weight is 190 g/mol. The Kier molecular flexibility index (Phi) is 3.13. The molecule has 0 N–H and O–H groups in total. The molecule has 0 spiro atoms. The molecule has 0 unspecified atom stereocenters. The standard InChI is InChI=1S/C8H8F2O3/c1-12-4-5-2-3-13-7(5)6(11)8(9)10/h2-3,8H,4H2,1H3. The lowest BCUT2D eigenvalue weighted by molar-refractivity contribution is 0.0643. The van der Waals surface area contributed by atoms with E-state index in [-0.39, 0.29) is 12.4 Å². The van der Waals surface area contributed by atoms with Crippen LogP contribution in [0, 0.1) is 0 Å². The van der Waals surface area contributed by atoms with Crippen LogP contribution in [-0.4, -0.2) is 19.3 Å². The summed E-state index contributed by atoms with van der Waals surface area (Å²) in [6.45, 7) is 0.0876. The van der Waals surface area contributed by atoms with Gasteiger partial charge in [0.1, 0.15) is 0 Å². The second-order valence-corrected chi connectivity index (χ2v) is 2.37. The van der Waals surface area contributed by atoms with E-state index in [1.807, 2.05) is 0 Å². The van der Waals surface area contributed by atoms with Crippen molar-refractivity contribution in [3.05, 3.63) is 23.7 Å². The van der Waals surface area contributed by atoms with Crippen molar-refractivity contribution in [2.75, 3.05) is 7.11 Å². The topological polar surface area (TPSA) is 39.4 Å². The van der Waals surface area contributed by atoms with Gasteiger partial charge in [-0.1, -0.05) is 0 Å². The fourth-order valence-electron chi connectivity index (χ4n) is 0.920. The second-order valence-electron chi connectivity index (χ2n) is 2.37. The molecule has 0 saturated heterocycles. The molecule has 1 heterocycles. The van der Waals surface area contributed by atoms with E-state index in [0.717, 1.165) is 0 Å². The highest BCUT2D eigenvalue weighted by molar-refractivity contribution is 5.97. The van der Waals surface area contributed by atoms with E-state index < -0.39 is 12.2 Å². The Labute approximate surface area is 73.3 Å². The van der Waals surface area contributed by atoms with Crippen molar-refractivity contribution in [1.29, 1.82) is 0 Å². The van der Waals surface area contributed by atoms with Gasteiger partial charge in [0.05, 0.1) is 12.9 Å². The molecule has 0 aliphatic heterocycles. The summed E-state index contributed by atoms with van der Waals surface area (Å²) in [4.78, 5) is 10.8. The van der Waals surface area contributed by atoms with Crippen LogP contribution in [-0.2, 0) is 11.3 Å². The van der Waals surface area contributed by atoms with Crippen LogP contribution in [0.5, 0.6) is 0 Å². The molecule has 1 aromatic rings. The van der Waals surface area contributed by atoms with E-state index in [0.29, 0.717) is 5.56 Å². The van der Waals surface area contributed by atoms with Crippen LogP contribution >= 0.6 is 0 Å². The summed E-state index contributed by atoms with van der Waals surface area (Å²) >= 11 is 0. The summed E-state index contributed by atoms with van der Waals surface area (Å²) in [6, 6.07) is 1.43. The molecule has 0 aromatic carbocycles. The van der Waals surface area contributed by atoms with Crippen LogP contribution < -0.4 is 0 Å². The third-order valence-electron chi connectivity index (χ3n) is 1.47. The fraction of sp³-hybridized carbons (Fsp3) is 0.375. The van der Waals surface area contributed by atoms with Crippen molar-refractivity contribution < 1.29 is 22.7 Å². The number of rotatable bonds is 4. The number of carbonyl (C=O) groups is 1. The molecular formula is C8H8F2O3. The Balaban J connectivity index is 2.87. The molecule has 0 amide bonds. The van der Waals surface area contributed by atoms with Gasteiger partial charge in [0.2, 0.25) is 0 Å². The highest BCUT2D eigenvalue weighted by atomic mass is 19.3. The Hall–Kier alpha value is -1.23. The van der Waals surface area contributed by atoms with Crippen LogP contribution in [0.1, 0.15) is 16.1 Å². The van der Waals surface area contributed by atoms with Crippen LogP contribution in [0.2, 0.25) is 0 Å². The first-order valence-electron chi connectivity index (χ1n) is 3.54. The molecule has 0 aliphatic rings. The van der Waals surface area contributed by atoms with Gasteiger partial charge in [0, 0.05) is 12.7 Å². The summed E-state index contributed by atoms with van der Waals surface area (Å²) in [5.41, 5.74) is 0.341. The number of carbonyl (C=O) groups excluding carboxylic acids is 1. The maximum Gasteiger partial charge on any atom is 0.303 e. The number of methoxy groups -OCH3 is 1. The van der Waals surface area contributed by atoms with E-state index in [4.69, 9.17) is 4.74 Å². The Bertz CT molecular complexity index is 293. The monoisotopic (exact) mass is 190 g/mol. The average Bonchev–Trinajstić information content (AvgIpc) is 2.52. The quantitative estimate of drug-likeness (QED) is 0.680. The number of hydrogen-bond donors (Lipinski definition) is 0. The molecule has 13 heavy (non-hydrogen) atoms. The minimum absolute atomic E-state index is 0.0876. The normalized spacial score (nSPS) is 10.8. The zero-order chi connectivity index (χ0) is 9.84. The second kappa shape index (κ2) is 4.13. The number of furan rings is 1. The Morgan fingerprint density at radius 2 is 2.38 bits per heavy atom. The van der Waals surface area contributed by atoms with Crippen molar-refractivity contribution in [2.24, 2.45) is 0 Å². The van der Waals surface area contributed by atoms with E-state index >= 15 is 0 Å². The first-order valence-corrected chi connectivity index (χ1v) is 3.54. The molecule has 5 heteroatoms. The van der Waals surface area contributed by atoms with Gasteiger partial charge in [0.25, 0.3) is 5.78 Å². The number of halogens is 2. The summed E-state index contributed by atoms with van der Waals surface area (Å²) in [7, 11) is 1.41. The largest absolute Gasteiger partial charge is 0.461 e. The zero-order valence-corrected chi connectivity index (χ0v) is 6.92. The molecule has 0 aliphatic carbocycles. The highest BCUT2D eigenvalue weighted by Crippen LogP contribution is 2.15. The fourth-order valence-corrected chi connectivity index (χ4v) is 0.920. The molecular weight excluding hydrogens is 182 g/mol. The minimum Gasteiger partial charge on any atom is -0.461 e. The maximum atomic E-state index is 12.0. The Morgan fingerprint density at radius 1 is 1.69 bits per heavy atom. The first kappa shape index (κ1) is 9.85. The van der Waals surface area contributed by atoms with Crippen LogP contribution in [0.15, 0.2) is 16.7 Å². The number of Topliss-reactive ketones (excluding diaryl/α,β-unsaturated/α-hetero) is 1. The predicted molar refractivity (Wildman–Crippen MR) is 39.8 cm³/mol. The van der Waals surface area contributed by atoms with Gasteiger partial charge in [0.15, 0.2) is 5.76 Å². The highest BCUT2D eigenvalue weighted by Gasteiger charge is 2.23. The van der Waals surface area contributed by atoms with Gasteiger partial charge in [-0.15, -0.1) is 0 Å². The van der Waals surface area contributed by atoms with Crippen molar-refractivity contribution in [3.63, 3.8) is 0 Å². The van der Waals surface area contributed by atoms with Gasteiger partial charge in [-0.2, -0.15) is 0 Å². The molecule has 72 valence electrons. The van der Waals surface area contributed by atoms with Crippen LogP contribution in [0.3, 0.4) is 0 Å². The third-order valence-corrected chi connectivity index (χ3v) is 1.47. The molecule has 0 fully saturated rings. The molecule has 0 bridgehead atoms. The van der Waals surface area contributed by atoms with Gasteiger partial charge in [-0.05, 0) is 6.07 Å². The SMILES string of the molecule is COCc1ccoc1C(=O)C(F)F. The molecule has 1 rings (SSSR count). The first-order chi connectivity index (χ1) is 6.16. The van der Waals surface area contributed by atoms with Crippen molar-refractivity contribution in [1.82, 2.24) is 0 Å². The summed E-state index contributed by atoms with van der Waals surface area (Å²) in [6.07, 6.45) is -1.86. The van der Waals surface area contributed by atoms with Gasteiger partial charge < -0.3 is 9.15 Å². The van der Waals surface area contributed by atoms with Gasteiger partial charge in [-0.3, -0.25) is 4.79 Å². The molecule has 3 nitrogen and oxygen atoms in total. The molecule has 0 radical (unpaired) electrons. The van der Waals surface area contributed by atoms with Crippen LogP contribution in [0.4, 0.5) is 8.78 Å². The zero-order valence-electron chi connectivity index (χ0n) is 6.92. The summed E-state index contributed by atoms with van der Waals surface area (Å²) < 4.78 is 33.3. The van der Waals surface area contributed by atoms with Crippen molar-refractivity contribution in [3.8, 4) is 0 Å². The summed E-state index contributed by atoms with van der Waals surface area (Å²) in [5, 5.41) is 0. The van der Waals surface area contributed by atoms with Gasteiger partial charge in [-0.25, -0.2) is 8.78 Å². The Morgan fingerprint density at radius 3 is 2.92 bits per heavy atom. The smallest absolute Gasteiger partial charge is 0.303 e. The number of hydrogen-bond acceptors (Lipinski definition) is 3. The lowest BCUT2D eigenvalue weighted by Gasteiger charge is -1.99. The van der Waals surface area contributed by atoms with Gasteiger partial charge >= 0.3 is 6.43 Å². The predicted octanol–water partition coefficient (Wildman–Crippen LogP) is 1.87. The molecule has 1 aromatic heterocycles. The molecule has 0 atom stereocenters. The molecule has 0 saturated carbocycles. The number of ketones is 1. The number of alkyl halides is 2. The lowest BCUT2D eigenvalue weighted by Crippen LogP contribution is -2.11. The maximum absolute atomic E-state index is 12.0. The van der Waals surface area contributed by atoms with E-state index in [1.54, 1.807) is 0 Å². The van der Waals surface area contributed by atoms with E-state index in [2.05, 4.69) is 4.42 Å².